The fourth-order valence-electron chi connectivity index (χ4n) is 1.17. The number of hydrogen-bond acceptors (Lipinski definition) is 6. The van der Waals surface area contributed by atoms with Crippen LogP contribution in [0.1, 0.15) is 32.9 Å². The number of nitrogens with one attached hydrogen (secondary N) is 1. The first-order valence-corrected chi connectivity index (χ1v) is 6.08. The van der Waals surface area contributed by atoms with Gasteiger partial charge in [0.25, 0.3) is 5.56 Å². The monoisotopic (exact) mass is 259 g/mol. The van der Waals surface area contributed by atoms with Gasteiger partial charge in [-0.2, -0.15) is 4.37 Å². The van der Waals surface area contributed by atoms with Crippen molar-refractivity contribution in [2.75, 3.05) is 0 Å². The molecule has 7 heteroatoms. The molecule has 3 N–H and O–H groups in total. The summed E-state index contributed by atoms with van der Waals surface area (Å²) in [5.74, 6) is -0.454. The molecule has 0 aliphatic heterocycles. The Hall–Kier alpha value is -1.21. The van der Waals surface area contributed by atoms with Crippen LogP contribution in [0.3, 0.4) is 0 Å². The van der Waals surface area contributed by atoms with E-state index < -0.39 is 17.6 Å². The van der Waals surface area contributed by atoms with Crippen LogP contribution in [0, 0.1) is 0 Å². The van der Waals surface area contributed by atoms with Crippen LogP contribution in [0.5, 0.6) is 0 Å². The van der Waals surface area contributed by atoms with Crippen molar-refractivity contribution in [1.82, 2.24) is 8.75 Å². The highest BCUT2D eigenvalue weighted by molar-refractivity contribution is 6.99. The molecule has 0 saturated carbocycles. The van der Waals surface area contributed by atoms with Crippen LogP contribution in [0.15, 0.2) is 4.79 Å². The molecular weight excluding hydrogens is 242 g/mol. The van der Waals surface area contributed by atoms with E-state index in [1.54, 1.807) is 20.8 Å². The lowest BCUT2D eigenvalue weighted by Crippen LogP contribution is -2.37. The van der Waals surface area contributed by atoms with Gasteiger partial charge in [-0.1, -0.05) is 0 Å². The molecule has 0 radical (unpaired) electrons. The molecule has 1 aromatic heterocycles. The minimum atomic E-state index is -0.727. The van der Waals surface area contributed by atoms with Gasteiger partial charge in [0.05, 0.1) is 0 Å². The molecule has 96 valence electrons. The van der Waals surface area contributed by atoms with E-state index in [2.05, 4.69) is 8.75 Å². The topological polar surface area (TPSA) is 98.1 Å². The van der Waals surface area contributed by atoms with Gasteiger partial charge in [0.2, 0.25) is 0 Å². The second kappa shape index (κ2) is 5.42. The lowest BCUT2D eigenvalue weighted by Gasteiger charge is -2.21. The normalized spacial score (nSPS) is 13.4. The van der Waals surface area contributed by atoms with Crippen molar-refractivity contribution in [2.24, 2.45) is 5.73 Å². The maximum atomic E-state index is 11.6. The van der Waals surface area contributed by atoms with Gasteiger partial charge in [0.1, 0.15) is 17.3 Å². The number of aromatic amines is 1. The SMILES string of the molecule is CC(C)(C)OC(=O)[C@H](N)CCc1ns[nH]c1=O. The molecule has 0 aromatic carbocycles. The minimum Gasteiger partial charge on any atom is -0.459 e. The average Bonchev–Trinajstić information content (AvgIpc) is 2.57. The number of rotatable bonds is 4. The molecule has 1 heterocycles. The van der Waals surface area contributed by atoms with E-state index in [0.29, 0.717) is 18.5 Å². The summed E-state index contributed by atoms with van der Waals surface area (Å²) in [6, 6.07) is -0.727. The molecule has 6 nitrogen and oxygen atoms in total. The maximum absolute atomic E-state index is 11.6. The molecular formula is C10H17N3O3S. The molecule has 17 heavy (non-hydrogen) atoms. The Morgan fingerprint density at radius 3 is 2.71 bits per heavy atom. The zero-order chi connectivity index (χ0) is 13.1. The van der Waals surface area contributed by atoms with Gasteiger partial charge >= 0.3 is 5.97 Å². The number of aryl methyl sites for hydroxylation is 1. The Labute approximate surface area is 103 Å². The van der Waals surface area contributed by atoms with Crippen molar-refractivity contribution in [2.45, 2.75) is 45.3 Å². The number of hydrogen-bond donors (Lipinski definition) is 2. The quantitative estimate of drug-likeness (QED) is 0.764. The average molecular weight is 259 g/mol. The third-order valence-electron chi connectivity index (χ3n) is 1.96. The van der Waals surface area contributed by atoms with E-state index in [0.717, 1.165) is 11.7 Å². The van der Waals surface area contributed by atoms with E-state index >= 15 is 0 Å². The number of nitrogens with zero attached hydrogens (tertiary/aromatic N) is 1. The summed E-state index contributed by atoms with van der Waals surface area (Å²) in [6.07, 6.45) is 0.723. The van der Waals surface area contributed by atoms with Crippen molar-refractivity contribution in [1.29, 1.82) is 0 Å². The van der Waals surface area contributed by atoms with Gasteiger partial charge in [0, 0.05) is 11.7 Å². The second-order valence-electron chi connectivity index (χ2n) is 4.74. The van der Waals surface area contributed by atoms with Crippen LogP contribution in [-0.4, -0.2) is 26.4 Å². The Morgan fingerprint density at radius 2 is 2.24 bits per heavy atom. The molecule has 0 saturated heterocycles. The van der Waals surface area contributed by atoms with Crippen LogP contribution >= 0.6 is 11.7 Å². The highest BCUT2D eigenvalue weighted by Gasteiger charge is 2.22. The van der Waals surface area contributed by atoms with Crippen LogP contribution in [0.25, 0.3) is 0 Å². The molecule has 0 amide bonds. The summed E-state index contributed by atoms with van der Waals surface area (Å²) in [7, 11) is 0. The van der Waals surface area contributed by atoms with E-state index in [-0.39, 0.29) is 5.56 Å². The van der Waals surface area contributed by atoms with Gasteiger partial charge in [0.15, 0.2) is 0 Å². The number of esters is 1. The summed E-state index contributed by atoms with van der Waals surface area (Å²) >= 11 is 0.992. The Kier molecular flexibility index (Phi) is 4.41. The minimum absolute atomic E-state index is 0.216. The molecule has 1 rings (SSSR count). The maximum Gasteiger partial charge on any atom is 0.323 e. The largest absolute Gasteiger partial charge is 0.459 e. The third-order valence-corrected chi connectivity index (χ3v) is 2.55. The number of carbonyl (C=O) groups excluding carboxylic acids is 1. The highest BCUT2D eigenvalue weighted by Crippen LogP contribution is 2.09. The first kappa shape index (κ1) is 13.9. The van der Waals surface area contributed by atoms with Crippen molar-refractivity contribution >= 4 is 17.7 Å². The fourth-order valence-corrected chi connectivity index (χ4v) is 1.70. The summed E-state index contributed by atoms with van der Waals surface area (Å²) in [5.41, 5.74) is 5.33. The zero-order valence-corrected chi connectivity index (χ0v) is 11.0. The highest BCUT2D eigenvalue weighted by atomic mass is 32.1. The Balaban J connectivity index is 2.45. The summed E-state index contributed by atoms with van der Waals surface area (Å²) in [6.45, 7) is 5.34. The van der Waals surface area contributed by atoms with Crippen molar-refractivity contribution in [3.63, 3.8) is 0 Å². The number of nitrogens with two attached hydrogens (primary N) is 1. The van der Waals surface area contributed by atoms with Crippen molar-refractivity contribution < 1.29 is 9.53 Å². The molecule has 1 atom stereocenters. The standard InChI is InChI=1S/C10H17N3O3S/c1-10(2,3)16-9(15)6(11)4-5-7-8(14)13-17-12-7/h6H,4-5,11H2,1-3H3,(H,13,14)/t6-/m1/s1. The van der Waals surface area contributed by atoms with E-state index in [9.17, 15) is 9.59 Å². The van der Waals surface area contributed by atoms with Crippen molar-refractivity contribution in [3.05, 3.63) is 16.0 Å². The zero-order valence-electron chi connectivity index (χ0n) is 10.1. The van der Waals surface area contributed by atoms with Gasteiger partial charge in [-0.3, -0.25) is 14.0 Å². The van der Waals surface area contributed by atoms with Crippen LogP contribution < -0.4 is 11.3 Å². The first-order valence-electron chi connectivity index (χ1n) is 5.31. The molecule has 0 unspecified atom stereocenters. The molecule has 0 fully saturated rings. The molecule has 0 aliphatic carbocycles. The van der Waals surface area contributed by atoms with E-state index in [4.69, 9.17) is 10.5 Å². The molecule has 1 aromatic rings. The van der Waals surface area contributed by atoms with Crippen LogP contribution in [0.4, 0.5) is 0 Å². The van der Waals surface area contributed by atoms with E-state index in [1.807, 2.05) is 0 Å². The predicted molar refractivity (Wildman–Crippen MR) is 64.9 cm³/mol. The predicted octanol–water partition coefficient (Wildman–Crippen LogP) is 0.433. The van der Waals surface area contributed by atoms with Gasteiger partial charge < -0.3 is 10.5 Å². The third kappa shape index (κ3) is 4.66. The Morgan fingerprint density at radius 1 is 1.59 bits per heavy atom. The van der Waals surface area contributed by atoms with Crippen molar-refractivity contribution in [3.8, 4) is 0 Å². The number of carbonyl (C=O) groups is 1. The molecule has 0 bridgehead atoms. The van der Waals surface area contributed by atoms with Gasteiger partial charge in [-0.05, 0) is 33.6 Å². The van der Waals surface area contributed by atoms with E-state index in [1.165, 1.54) is 0 Å². The first-order chi connectivity index (χ1) is 7.79. The fraction of sp³-hybridized carbons (Fsp3) is 0.700. The van der Waals surface area contributed by atoms with Crippen LogP contribution in [0.2, 0.25) is 0 Å². The lowest BCUT2D eigenvalue weighted by atomic mass is 10.1. The molecule has 0 aliphatic rings. The number of H-pyrrole nitrogens is 1. The van der Waals surface area contributed by atoms with Crippen LogP contribution in [-0.2, 0) is 16.0 Å². The summed E-state index contributed by atoms with van der Waals surface area (Å²) in [5, 5.41) is 0. The molecule has 0 spiro atoms. The summed E-state index contributed by atoms with van der Waals surface area (Å²) in [4.78, 5) is 22.7. The van der Waals surface area contributed by atoms with Gasteiger partial charge in [-0.25, -0.2) is 0 Å². The number of ether oxygens (including phenoxy) is 1. The smallest absolute Gasteiger partial charge is 0.323 e. The number of aromatic nitrogens is 2. The van der Waals surface area contributed by atoms with Gasteiger partial charge in [-0.15, -0.1) is 0 Å². The second-order valence-corrected chi connectivity index (χ2v) is 5.31. The summed E-state index contributed by atoms with van der Waals surface area (Å²) < 4.78 is 11.5. The lowest BCUT2D eigenvalue weighted by molar-refractivity contribution is -0.156. The Bertz CT molecular complexity index is 432.